The summed E-state index contributed by atoms with van der Waals surface area (Å²) in [4.78, 5) is 11.0. The summed E-state index contributed by atoms with van der Waals surface area (Å²) in [7, 11) is 2.58. The standard InChI is InChI=1S/C13H17FO6/c1-18-7-20-8-3-4-9(10(14)5-8)13(17)11(15)6-12(16)19-2/h3-5,11,13,15,17H,6-7H2,1-2H3. The van der Waals surface area contributed by atoms with E-state index in [1.54, 1.807) is 0 Å². The third kappa shape index (κ3) is 4.44. The van der Waals surface area contributed by atoms with Crippen LogP contribution < -0.4 is 4.74 Å². The number of hydrogen-bond donors (Lipinski definition) is 2. The Hall–Kier alpha value is -1.70. The van der Waals surface area contributed by atoms with Gasteiger partial charge in [0, 0.05) is 18.7 Å². The van der Waals surface area contributed by atoms with Crippen molar-refractivity contribution in [2.24, 2.45) is 0 Å². The molecule has 0 spiro atoms. The lowest BCUT2D eigenvalue weighted by atomic mass is 10.0. The number of halogens is 1. The summed E-state index contributed by atoms with van der Waals surface area (Å²) in [5, 5.41) is 19.5. The maximum absolute atomic E-state index is 13.8. The molecule has 0 amide bonds. The molecule has 1 rings (SSSR count). The Kier molecular flexibility index (Phi) is 6.37. The molecular weight excluding hydrogens is 271 g/mol. The summed E-state index contributed by atoms with van der Waals surface area (Å²) in [5.74, 6) is -1.23. The van der Waals surface area contributed by atoms with Gasteiger partial charge in [-0.15, -0.1) is 0 Å². The molecule has 0 aliphatic rings. The number of aliphatic hydroxyl groups is 2. The van der Waals surface area contributed by atoms with Gasteiger partial charge in [-0.2, -0.15) is 0 Å². The van der Waals surface area contributed by atoms with E-state index in [1.807, 2.05) is 0 Å². The first kappa shape index (κ1) is 16.4. The van der Waals surface area contributed by atoms with Gasteiger partial charge in [-0.25, -0.2) is 4.39 Å². The fourth-order valence-electron chi connectivity index (χ4n) is 1.54. The molecule has 2 unspecified atom stereocenters. The topological polar surface area (TPSA) is 85.2 Å². The van der Waals surface area contributed by atoms with Crippen LogP contribution in [0.15, 0.2) is 18.2 Å². The Balaban J connectivity index is 2.77. The van der Waals surface area contributed by atoms with Gasteiger partial charge >= 0.3 is 5.97 Å². The Morgan fingerprint density at radius 2 is 2.05 bits per heavy atom. The lowest BCUT2D eigenvalue weighted by Crippen LogP contribution is -2.23. The maximum atomic E-state index is 13.8. The molecule has 0 saturated carbocycles. The van der Waals surface area contributed by atoms with E-state index >= 15 is 0 Å². The summed E-state index contributed by atoms with van der Waals surface area (Å²) in [6, 6.07) is 3.75. The lowest BCUT2D eigenvalue weighted by molar-refractivity contribution is -0.144. The fraction of sp³-hybridized carbons (Fsp3) is 0.462. The van der Waals surface area contributed by atoms with Crippen LogP contribution in [0.5, 0.6) is 5.75 Å². The molecule has 0 aliphatic carbocycles. The summed E-state index contributed by atoms with van der Waals surface area (Å²) in [6.07, 6.45) is -3.42. The number of esters is 1. The van der Waals surface area contributed by atoms with Crippen molar-refractivity contribution in [2.45, 2.75) is 18.6 Å². The molecule has 0 fully saturated rings. The highest BCUT2D eigenvalue weighted by molar-refractivity contribution is 5.69. The quantitative estimate of drug-likeness (QED) is 0.569. The predicted octanol–water partition coefficient (Wildman–Crippen LogP) is 0.766. The minimum absolute atomic E-state index is 0.0354. The summed E-state index contributed by atoms with van der Waals surface area (Å²) in [6.45, 7) is -0.0354. The van der Waals surface area contributed by atoms with E-state index in [1.165, 1.54) is 19.2 Å². The summed E-state index contributed by atoms with van der Waals surface area (Å²) < 4.78 is 27.9. The van der Waals surface area contributed by atoms with Gasteiger partial charge in [-0.1, -0.05) is 0 Å². The minimum Gasteiger partial charge on any atom is -0.469 e. The summed E-state index contributed by atoms with van der Waals surface area (Å²) in [5.41, 5.74) is -0.133. The molecule has 0 saturated heterocycles. The van der Waals surface area contributed by atoms with Crippen LogP contribution in [0.25, 0.3) is 0 Å². The number of carbonyl (C=O) groups excluding carboxylic acids is 1. The lowest BCUT2D eigenvalue weighted by Gasteiger charge is -2.18. The molecule has 2 N–H and O–H groups in total. The van der Waals surface area contributed by atoms with Crippen molar-refractivity contribution in [1.82, 2.24) is 0 Å². The highest BCUT2D eigenvalue weighted by Crippen LogP contribution is 2.25. The zero-order valence-electron chi connectivity index (χ0n) is 11.2. The molecule has 7 heteroatoms. The third-order valence-corrected chi connectivity index (χ3v) is 2.60. The number of hydrogen-bond acceptors (Lipinski definition) is 6. The maximum Gasteiger partial charge on any atom is 0.308 e. The van der Waals surface area contributed by atoms with Crippen LogP contribution in [0, 0.1) is 5.82 Å². The van der Waals surface area contributed by atoms with Crippen molar-refractivity contribution in [3.05, 3.63) is 29.6 Å². The first-order valence-electron chi connectivity index (χ1n) is 5.83. The van der Waals surface area contributed by atoms with Crippen LogP contribution in [-0.2, 0) is 14.3 Å². The van der Waals surface area contributed by atoms with Crippen molar-refractivity contribution in [2.75, 3.05) is 21.0 Å². The van der Waals surface area contributed by atoms with E-state index in [4.69, 9.17) is 4.74 Å². The minimum atomic E-state index is -1.54. The Bertz CT molecular complexity index is 450. The van der Waals surface area contributed by atoms with E-state index in [0.717, 1.165) is 13.2 Å². The van der Waals surface area contributed by atoms with Crippen molar-refractivity contribution < 1.29 is 33.6 Å². The van der Waals surface area contributed by atoms with Gasteiger partial charge in [0.2, 0.25) is 0 Å². The van der Waals surface area contributed by atoms with Gasteiger partial charge in [0.25, 0.3) is 0 Å². The van der Waals surface area contributed by atoms with Gasteiger partial charge < -0.3 is 24.4 Å². The Labute approximate surface area is 115 Å². The average Bonchev–Trinajstić information content (AvgIpc) is 2.44. The van der Waals surface area contributed by atoms with Crippen LogP contribution in [0.2, 0.25) is 0 Å². The molecule has 20 heavy (non-hydrogen) atoms. The second-order valence-electron chi connectivity index (χ2n) is 4.03. The molecule has 0 heterocycles. The number of rotatable bonds is 7. The molecule has 0 radical (unpaired) electrons. The molecular formula is C13H17FO6. The summed E-state index contributed by atoms with van der Waals surface area (Å²) >= 11 is 0. The monoisotopic (exact) mass is 288 g/mol. The van der Waals surface area contributed by atoms with Gasteiger partial charge in [0.1, 0.15) is 17.7 Å². The second kappa shape index (κ2) is 7.78. The van der Waals surface area contributed by atoms with Crippen molar-refractivity contribution in [1.29, 1.82) is 0 Å². The van der Waals surface area contributed by atoms with Crippen LogP contribution in [0.1, 0.15) is 18.1 Å². The van der Waals surface area contributed by atoms with E-state index < -0.39 is 30.4 Å². The third-order valence-electron chi connectivity index (χ3n) is 2.60. The largest absolute Gasteiger partial charge is 0.469 e. The van der Waals surface area contributed by atoms with E-state index in [-0.39, 0.29) is 18.1 Å². The Morgan fingerprint density at radius 3 is 2.60 bits per heavy atom. The number of methoxy groups -OCH3 is 2. The number of aliphatic hydroxyl groups excluding tert-OH is 2. The highest BCUT2D eigenvalue weighted by atomic mass is 19.1. The first-order chi connectivity index (χ1) is 9.49. The highest BCUT2D eigenvalue weighted by Gasteiger charge is 2.24. The molecule has 2 atom stereocenters. The number of carbonyl (C=O) groups is 1. The number of benzene rings is 1. The zero-order chi connectivity index (χ0) is 15.1. The van der Waals surface area contributed by atoms with E-state index in [9.17, 15) is 19.4 Å². The van der Waals surface area contributed by atoms with Crippen LogP contribution in [0.3, 0.4) is 0 Å². The van der Waals surface area contributed by atoms with Crippen LogP contribution in [-0.4, -0.2) is 43.3 Å². The van der Waals surface area contributed by atoms with Gasteiger partial charge in [-0.3, -0.25) is 4.79 Å². The fourth-order valence-corrected chi connectivity index (χ4v) is 1.54. The first-order valence-corrected chi connectivity index (χ1v) is 5.83. The zero-order valence-corrected chi connectivity index (χ0v) is 11.2. The normalized spacial score (nSPS) is 13.7. The Morgan fingerprint density at radius 1 is 1.35 bits per heavy atom. The molecule has 112 valence electrons. The van der Waals surface area contributed by atoms with Crippen molar-refractivity contribution in [3.8, 4) is 5.75 Å². The van der Waals surface area contributed by atoms with Crippen LogP contribution >= 0.6 is 0 Å². The molecule has 0 bridgehead atoms. The molecule has 6 nitrogen and oxygen atoms in total. The van der Waals surface area contributed by atoms with Gasteiger partial charge in [0.05, 0.1) is 19.6 Å². The number of ether oxygens (including phenoxy) is 3. The molecule has 0 aliphatic heterocycles. The van der Waals surface area contributed by atoms with Crippen molar-refractivity contribution >= 4 is 5.97 Å². The van der Waals surface area contributed by atoms with Gasteiger partial charge in [0.15, 0.2) is 6.79 Å². The smallest absolute Gasteiger partial charge is 0.308 e. The van der Waals surface area contributed by atoms with Gasteiger partial charge in [-0.05, 0) is 12.1 Å². The van der Waals surface area contributed by atoms with Crippen LogP contribution in [0.4, 0.5) is 4.39 Å². The van der Waals surface area contributed by atoms with E-state index in [0.29, 0.717) is 0 Å². The molecule has 1 aromatic rings. The SMILES string of the molecule is COCOc1ccc(C(O)C(O)CC(=O)OC)c(F)c1. The molecule has 0 aromatic heterocycles. The average molecular weight is 288 g/mol. The van der Waals surface area contributed by atoms with Crippen molar-refractivity contribution in [3.63, 3.8) is 0 Å². The molecule has 1 aromatic carbocycles. The predicted molar refractivity (Wildman–Crippen MR) is 66.5 cm³/mol. The second-order valence-corrected chi connectivity index (χ2v) is 4.03. The van der Waals surface area contributed by atoms with E-state index in [2.05, 4.69) is 9.47 Å².